The van der Waals surface area contributed by atoms with E-state index in [0.717, 1.165) is 12.8 Å². The first-order valence-corrected chi connectivity index (χ1v) is 5.52. The Morgan fingerprint density at radius 2 is 2.23 bits per heavy atom. The molecule has 0 aliphatic heterocycles. The van der Waals surface area contributed by atoms with E-state index >= 15 is 0 Å². The number of hydrogen-bond acceptors (Lipinski definition) is 4. The Bertz CT molecular complexity index is 201. The van der Waals surface area contributed by atoms with Crippen LogP contribution in [0.15, 0.2) is 0 Å². The monoisotopic (exact) mass is 211 g/mol. The summed E-state index contributed by atoms with van der Waals surface area (Å²) in [5.41, 5.74) is 4.62. The second-order valence-electron chi connectivity index (χ2n) is 2.43. The molecule has 1 unspecified atom stereocenters. The summed E-state index contributed by atoms with van der Waals surface area (Å²) < 4.78 is 18.9. The minimum Gasteiger partial charge on any atom is -0.438 e. The Balaban J connectivity index is 3.43. The van der Waals surface area contributed by atoms with Gasteiger partial charge in [-0.05, 0) is 6.42 Å². The molecule has 0 saturated heterocycles. The van der Waals surface area contributed by atoms with E-state index in [1.807, 2.05) is 6.92 Å². The zero-order valence-corrected chi connectivity index (χ0v) is 8.33. The third-order valence-electron chi connectivity index (χ3n) is 1.19. The Morgan fingerprint density at radius 1 is 1.62 bits per heavy atom. The van der Waals surface area contributed by atoms with Crippen molar-refractivity contribution < 1.29 is 23.5 Å². The molecule has 0 aromatic rings. The summed E-state index contributed by atoms with van der Waals surface area (Å²) in [5.74, 6) is -0.463. The first kappa shape index (κ1) is 12.6. The topological polar surface area (TPSA) is 98.9 Å². The molecular weight excluding hydrogens is 197 g/mol. The van der Waals surface area contributed by atoms with Gasteiger partial charge >= 0.3 is 13.7 Å². The second kappa shape index (κ2) is 6.10. The van der Waals surface area contributed by atoms with Crippen molar-refractivity contribution in [3.8, 4) is 0 Å². The zero-order valence-electron chi connectivity index (χ0n) is 7.43. The maximum absolute atomic E-state index is 10.8. The molecule has 1 atom stereocenters. The molecule has 0 rings (SSSR count). The predicted molar refractivity (Wildman–Crippen MR) is 45.6 cm³/mol. The van der Waals surface area contributed by atoms with Gasteiger partial charge < -0.3 is 9.63 Å². The summed E-state index contributed by atoms with van der Waals surface area (Å²) in [5, 5.41) is 0. The van der Waals surface area contributed by atoms with Crippen LogP contribution in [0, 0.1) is 0 Å². The number of hydrogen-bond donors (Lipinski definition) is 2. The van der Waals surface area contributed by atoms with Crippen molar-refractivity contribution in [3.63, 3.8) is 0 Å². The highest BCUT2D eigenvalue weighted by Gasteiger charge is 2.11. The summed E-state index contributed by atoms with van der Waals surface area (Å²) in [6.45, 7) is 1.36. The van der Waals surface area contributed by atoms with Crippen molar-refractivity contribution in [2.75, 3.05) is 6.79 Å². The van der Waals surface area contributed by atoms with E-state index in [-0.39, 0.29) is 6.42 Å². The molecule has 3 N–H and O–H groups in total. The normalized spacial score (nSPS) is 15.0. The summed E-state index contributed by atoms with van der Waals surface area (Å²) in [6, 6.07) is 0. The largest absolute Gasteiger partial charge is 0.438 e. The number of nitrogens with two attached hydrogens (primary N) is 1. The average molecular weight is 211 g/mol. The molecule has 6 nitrogen and oxygen atoms in total. The van der Waals surface area contributed by atoms with Gasteiger partial charge in [0.25, 0.3) is 0 Å². The van der Waals surface area contributed by atoms with E-state index < -0.39 is 20.5 Å². The minimum absolute atomic E-state index is 0.278. The van der Waals surface area contributed by atoms with Gasteiger partial charge in [0, 0.05) is 6.42 Å². The van der Waals surface area contributed by atoms with Gasteiger partial charge in [0.2, 0.25) is 6.79 Å². The fraction of sp³-hybridized carbons (Fsp3) is 0.833. The van der Waals surface area contributed by atoms with Crippen LogP contribution in [0.1, 0.15) is 26.2 Å². The number of unbranched alkanes of at least 4 members (excludes halogenated alkanes) is 1. The number of esters is 1. The molecule has 0 aromatic carbocycles. The molecule has 0 heterocycles. The van der Waals surface area contributed by atoms with Gasteiger partial charge in [0.05, 0.1) is 0 Å². The van der Waals surface area contributed by atoms with Gasteiger partial charge in [0.15, 0.2) is 0 Å². The third-order valence-corrected chi connectivity index (χ3v) is 1.67. The van der Waals surface area contributed by atoms with Crippen LogP contribution in [0.5, 0.6) is 0 Å². The fourth-order valence-corrected chi connectivity index (χ4v) is 0.765. The standard InChI is InChI=1S/C6H14NO5P/c1-2-3-4-6(8)11-5-12-13(7,9)10/h2-5H2,1H3,(H3,7,9,10). The number of carbonyl (C=O) groups is 1. The van der Waals surface area contributed by atoms with Crippen LogP contribution >= 0.6 is 7.75 Å². The molecule has 7 heteroatoms. The molecule has 0 fully saturated rings. The lowest BCUT2D eigenvalue weighted by Gasteiger charge is -2.06. The molecule has 0 aliphatic carbocycles. The van der Waals surface area contributed by atoms with E-state index in [1.54, 1.807) is 0 Å². The number of carbonyl (C=O) groups excluding carboxylic acids is 1. The highest BCUT2D eigenvalue weighted by Crippen LogP contribution is 2.30. The lowest BCUT2D eigenvalue weighted by atomic mass is 10.3. The maximum atomic E-state index is 10.8. The molecular formula is C6H14NO5P. The molecule has 0 amide bonds. The summed E-state index contributed by atoms with van der Waals surface area (Å²) >= 11 is 0. The Labute approximate surface area is 76.6 Å². The first-order chi connectivity index (χ1) is 5.95. The summed E-state index contributed by atoms with van der Waals surface area (Å²) in [4.78, 5) is 19.2. The Kier molecular flexibility index (Phi) is 5.90. The van der Waals surface area contributed by atoms with Gasteiger partial charge in [-0.25, -0.2) is 10.1 Å². The van der Waals surface area contributed by atoms with E-state index in [2.05, 4.69) is 14.8 Å². The highest BCUT2D eigenvalue weighted by atomic mass is 31.2. The van der Waals surface area contributed by atoms with Crippen LogP contribution in [-0.4, -0.2) is 17.7 Å². The SMILES string of the molecule is CCCCC(=O)OCOP(N)(=O)O. The fourth-order valence-electron chi connectivity index (χ4n) is 0.561. The highest BCUT2D eigenvalue weighted by molar-refractivity contribution is 7.50. The molecule has 0 aromatic heterocycles. The van der Waals surface area contributed by atoms with Gasteiger partial charge in [-0.15, -0.1) is 0 Å². The Morgan fingerprint density at radius 3 is 2.69 bits per heavy atom. The molecule has 0 radical (unpaired) electrons. The van der Waals surface area contributed by atoms with Gasteiger partial charge in [-0.1, -0.05) is 13.3 Å². The molecule has 0 bridgehead atoms. The maximum Gasteiger partial charge on any atom is 0.403 e. The van der Waals surface area contributed by atoms with Gasteiger partial charge in [-0.3, -0.25) is 9.32 Å². The van der Waals surface area contributed by atoms with Gasteiger partial charge in [-0.2, -0.15) is 0 Å². The molecule has 0 saturated carbocycles. The van der Waals surface area contributed by atoms with E-state index in [0.29, 0.717) is 0 Å². The number of rotatable bonds is 6. The van der Waals surface area contributed by atoms with Crippen LogP contribution in [0.25, 0.3) is 0 Å². The first-order valence-electron chi connectivity index (χ1n) is 3.87. The van der Waals surface area contributed by atoms with E-state index in [1.165, 1.54) is 0 Å². The van der Waals surface area contributed by atoms with Crippen molar-refractivity contribution in [3.05, 3.63) is 0 Å². The number of ether oxygens (including phenoxy) is 1. The summed E-state index contributed by atoms with van der Waals surface area (Å²) in [6.07, 6.45) is 1.88. The average Bonchev–Trinajstić information content (AvgIpc) is 1.98. The van der Waals surface area contributed by atoms with Crippen LogP contribution in [0.3, 0.4) is 0 Å². The molecule has 0 spiro atoms. The van der Waals surface area contributed by atoms with Crippen LogP contribution in [0.4, 0.5) is 0 Å². The summed E-state index contributed by atoms with van der Waals surface area (Å²) in [7, 11) is -4.03. The van der Waals surface area contributed by atoms with Crippen molar-refractivity contribution in [1.82, 2.24) is 0 Å². The minimum atomic E-state index is -4.03. The van der Waals surface area contributed by atoms with Crippen molar-refractivity contribution >= 4 is 13.7 Å². The van der Waals surface area contributed by atoms with Gasteiger partial charge in [0.1, 0.15) is 0 Å². The van der Waals surface area contributed by atoms with Crippen LogP contribution < -0.4 is 5.50 Å². The quantitative estimate of drug-likeness (QED) is 0.382. The lowest BCUT2D eigenvalue weighted by molar-refractivity contribution is -0.150. The second-order valence-corrected chi connectivity index (χ2v) is 3.82. The Hall–Kier alpha value is -0.420. The zero-order chi connectivity index (χ0) is 10.3. The molecule has 13 heavy (non-hydrogen) atoms. The van der Waals surface area contributed by atoms with Crippen LogP contribution in [-0.2, 0) is 18.6 Å². The van der Waals surface area contributed by atoms with Crippen molar-refractivity contribution in [1.29, 1.82) is 0 Å². The van der Waals surface area contributed by atoms with Crippen molar-refractivity contribution in [2.24, 2.45) is 5.50 Å². The smallest absolute Gasteiger partial charge is 0.403 e. The lowest BCUT2D eigenvalue weighted by Crippen LogP contribution is -2.09. The molecule has 78 valence electrons. The van der Waals surface area contributed by atoms with E-state index in [9.17, 15) is 9.36 Å². The van der Waals surface area contributed by atoms with Crippen LogP contribution in [0.2, 0.25) is 0 Å². The predicted octanol–water partition coefficient (Wildman–Crippen LogP) is 0.753. The molecule has 0 aliphatic rings. The van der Waals surface area contributed by atoms with E-state index in [4.69, 9.17) is 4.89 Å². The third kappa shape index (κ3) is 9.49. The van der Waals surface area contributed by atoms with Crippen molar-refractivity contribution in [2.45, 2.75) is 26.2 Å².